The van der Waals surface area contributed by atoms with E-state index in [9.17, 15) is 4.79 Å². The maximum Gasteiger partial charge on any atom is 0.338 e. The number of hydrogen-bond acceptors (Lipinski definition) is 2. The minimum Gasteiger partial charge on any atom is -0.461 e. The Balaban J connectivity index is 1.72. The maximum atomic E-state index is 12.5. The molecule has 25 heavy (non-hydrogen) atoms. The fraction of sp³-hybridized carbons (Fsp3) is 0.435. The number of ether oxygens (including phenoxy) is 1. The topological polar surface area (TPSA) is 26.3 Å². The number of hydrogen-bond donors (Lipinski definition) is 0. The van der Waals surface area contributed by atoms with Crippen LogP contribution >= 0.6 is 0 Å². The average molecular weight is 336 g/mol. The van der Waals surface area contributed by atoms with E-state index in [0.29, 0.717) is 12.2 Å². The smallest absolute Gasteiger partial charge is 0.338 e. The van der Waals surface area contributed by atoms with Gasteiger partial charge in [0.15, 0.2) is 0 Å². The summed E-state index contributed by atoms with van der Waals surface area (Å²) in [6.07, 6.45) is 2.18. The van der Waals surface area contributed by atoms with Crippen molar-refractivity contribution in [1.82, 2.24) is 0 Å². The third-order valence-electron chi connectivity index (χ3n) is 5.32. The fourth-order valence-corrected chi connectivity index (χ4v) is 3.73. The van der Waals surface area contributed by atoms with Gasteiger partial charge < -0.3 is 4.74 Å². The molecule has 2 aromatic rings. The fourth-order valence-electron chi connectivity index (χ4n) is 3.73. The molecular weight excluding hydrogens is 308 g/mol. The van der Waals surface area contributed by atoms with Gasteiger partial charge in [-0.3, -0.25) is 0 Å². The van der Waals surface area contributed by atoms with E-state index in [1.54, 1.807) is 0 Å². The summed E-state index contributed by atoms with van der Waals surface area (Å²) in [5.74, 6) is -0.219. The molecule has 0 N–H and O–H groups in total. The largest absolute Gasteiger partial charge is 0.461 e. The highest BCUT2D eigenvalue weighted by Crippen LogP contribution is 2.49. The minimum absolute atomic E-state index is 0.0292. The molecule has 132 valence electrons. The van der Waals surface area contributed by atoms with Gasteiger partial charge in [-0.2, -0.15) is 0 Å². The third-order valence-corrected chi connectivity index (χ3v) is 5.32. The SMILES string of the molecule is Cc1cc(C(=O)OCC2(c3ccccc3C)CC2)ccc1C(C)(C)C. The molecule has 0 aromatic heterocycles. The molecule has 0 radical (unpaired) electrons. The Morgan fingerprint density at radius 1 is 1.04 bits per heavy atom. The lowest BCUT2D eigenvalue weighted by molar-refractivity contribution is 0.0465. The first-order valence-corrected chi connectivity index (χ1v) is 9.07. The molecule has 0 amide bonds. The van der Waals surface area contributed by atoms with Crippen molar-refractivity contribution in [2.24, 2.45) is 0 Å². The number of aryl methyl sites for hydroxylation is 2. The molecule has 1 aliphatic rings. The van der Waals surface area contributed by atoms with Gasteiger partial charge in [-0.15, -0.1) is 0 Å². The first-order chi connectivity index (χ1) is 11.7. The summed E-state index contributed by atoms with van der Waals surface area (Å²) in [4.78, 5) is 12.5. The lowest BCUT2D eigenvalue weighted by Crippen LogP contribution is -2.20. The Kier molecular flexibility index (Phi) is 4.49. The number of esters is 1. The van der Waals surface area contributed by atoms with Crippen molar-refractivity contribution in [2.45, 2.75) is 58.3 Å². The second-order valence-corrected chi connectivity index (χ2v) is 8.45. The predicted molar refractivity (Wildman–Crippen MR) is 102 cm³/mol. The summed E-state index contributed by atoms with van der Waals surface area (Å²) in [7, 11) is 0. The average Bonchev–Trinajstić information content (AvgIpc) is 3.32. The van der Waals surface area contributed by atoms with Crippen molar-refractivity contribution >= 4 is 5.97 Å². The van der Waals surface area contributed by atoms with Gasteiger partial charge in [0.05, 0.1) is 5.56 Å². The summed E-state index contributed by atoms with van der Waals surface area (Å²) in [6, 6.07) is 14.3. The standard InChI is InChI=1S/C23H28O2/c1-16-8-6-7-9-20(16)23(12-13-23)15-25-21(24)18-10-11-19(17(2)14-18)22(3,4)5/h6-11,14H,12-13,15H2,1-5H3. The van der Waals surface area contributed by atoms with Crippen LogP contribution in [0.15, 0.2) is 42.5 Å². The summed E-state index contributed by atoms with van der Waals surface area (Å²) in [5.41, 5.74) is 5.76. The Morgan fingerprint density at radius 3 is 2.28 bits per heavy atom. The number of rotatable bonds is 4. The van der Waals surface area contributed by atoms with Gasteiger partial charge in [-0.25, -0.2) is 4.79 Å². The van der Waals surface area contributed by atoms with Crippen LogP contribution in [0.3, 0.4) is 0 Å². The van der Waals surface area contributed by atoms with Crippen LogP contribution in [0.5, 0.6) is 0 Å². The van der Waals surface area contributed by atoms with Crippen LogP contribution in [0.25, 0.3) is 0 Å². The lowest BCUT2D eigenvalue weighted by Gasteiger charge is -2.22. The first-order valence-electron chi connectivity index (χ1n) is 9.07. The summed E-state index contributed by atoms with van der Waals surface area (Å²) >= 11 is 0. The van der Waals surface area contributed by atoms with E-state index in [4.69, 9.17) is 4.74 Å². The van der Waals surface area contributed by atoms with E-state index < -0.39 is 0 Å². The molecular formula is C23H28O2. The Labute approximate surface area is 151 Å². The van der Waals surface area contributed by atoms with Crippen molar-refractivity contribution in [3.8, 4) is 0 Å². The van der Waals surface area contributed by atoms with Crippen molar-refractivity contribution < 1.29 is 9.53 Å². The highest BCUT2D eigenvalue weighted by molar-refractivity contribution is 5.89. The maximum absolute atomic E-state index is 12.5. The molecule has 0 unspecified atom stereocenters. The molecule has 0 saturated heterocycles. The molecule has 0 spiro atoms. The minimum atomic E-state index is -0.219. The van der Waals surface area contributed by atoms with Gasteiger partial charge in [-0.05, 0) is 66.5 Å². The molecule has 2 aromatic carbocycles. The Bertz CT molecular complexity index is 792. The molecule has 1 fully saturated rings. The third kappa shape index (κ3) is 3.63. The van der Waals surface area contributed by atoms with Crippen LogP contribution in [-0.2, 0) is 15.6 Å². The zero-order chi connectivity index (χ0) is 18.2. The van der Waals surface area contributed by atoms with Crippen LogP contribution in [0.2, 0.25) is 0 Å². The van der Waals surface area contributed by atoms with E-state index >= 15 is 0 Å². The molecule has 0 aliphatic heterocycles. The van der Waals surface area contributed by atoms with Gasteiger partial charge >= 0.3 is 5.97 Å². The van der Waals surface area contributed by atoms with Gasteiger partial charge in [0.2, 0.25) is 0 Å². The molecule has 0 bridgehead atoms. The predicted octanol–water partition coefficient (Wildman–Crippen LogP) is 5.49. The summed E-state index contributed by atoms with van der Waals surface area (Å²) in [5, 5.41) is 0. The van der Waals surface area contributed by atoms with Gasteiger partial charge in [-0.1, -0.05) is 51.1 Å². The van der Waals surface area contributed by atoms with Crippen LogP contribution in [0.4, 0.5) is 0 Å². The Hall–Kier alpha value is -2.09. The monoisotopic (exact) mass is 336 g/mol. The van der Waals surface area contributed by atoms with Crippen molar-refractivity contribution in [3.05, 3.63) is 70.3 Å². The number of carbonyl (C=O) groups excluding carboxylic acids is 1. The number of carbonyl (C=O) groups is 1. The second-order valence-electron chi connectivity index (χ2n) is 8.45. The van der Waals surface area contributed by atoms with Crippen molar-refractivity contribution in [1.29, 1.82) is 0 Å². The highest BCUT2D eigenvalue weighted by Gasteiger charge is 2.46. The first kappa shape index (κ1) is 17.7. The molecule has 2 heteroatoms. The van der Waals surface area contributed by atoms with E-state index in [-0.39, 0.29) is 16.8 Å². The molecule has 1 saturated carbocycles. The molecule has 0 atom stereocenters. The van der Waals surface area contributed by atoms with E-state index in [2.05, 4.69) is 65.0 Å². The molecule has 2 nitrogen and oxygen atoms in total. The molecule has 3 rings (SSSR count). The summed E-state index contributed by atoms with van der Waals surface area (Å²) in [6.45, 7) is 11.2. The van der Waals surface area contributed by atoms with E-state index in [0.717, 1.165) is 18.4 Å². The van der Waals surface area contributed by atoms with E-state index in [1.165, 1.54) is 16.7 Å². The van der Waals surface area contributed by atoms with Gasteiger partial charge in [0.1, 0.15) is 6.61 Å². The van der Waals surface area contributed by atoms with Crippen LogP contribution in [0.1, 0.15) is 66.2 Å². The van der Waals surface area contributed by atoms with Crippen LogP contribution in [0, 0.1) is 13.8 Å². The zero-order valence-electron chi connectivity index (χ0n) is 16.0. The highest BCUT2D eigenvalue weighted by atomic mass is 16.5. The Morgan fingerprint density at radius 2 is 1.72 bits per heavy atom. The zero-order valence-corrected chi connectivity index (χ0v) is 16.0. The van der Waals surface area contributed by atoms with Crippen LogP contribution in [-0.4, -0.2) is 12.6 Å². The quantitative estimate of drug-likeness (QED) is 0.690. The van der Waals surface area contributed by atoms with E-state index in [1.807, 2.05) is 12.1 Å². The molecule has 1 aliphatic carbocycles. The summed E-state index contributed by atoms with van der Waals surface area (Å²) < 4.78 is 5.71. The van der Waals surface area contributed by atoms with Crippen molar-refractivity contribution in [2.75, 3.05) is 6.61 Å². The van der Waals surface area contributed by atoms with Crippen LogP contribution < -0.4 is 0 Å². The normalized spacial score (nSPS) is 15.7. The van der Waals surface area contributed by atoms with Gasteiger partial charge in [0, 0.05) is 5.41 Å². The number of benzene rings is 2. The molecule has 0 heterocycles. The lowest BCUT2D eigenvalue weighted by atomic mass is 9.83. The second kappa shape index (κ2) is 6.33. The van der Waals surface area contributed by atoms with Gasteiger partial charge in [0.25, 0.3) is 0 Å². The van der Waals surface area contributed by atoms with Crippen molar-refractivity contribution in [3.63, 3.8) is 0 Å².